The van der Waals surface area contributed by atoms with E-state index in [1.807, 2.05) is 0 Å². The first-order chi connectivity index (χ1) is 8.60. The molecule has 0 spiro atoms. The normalized spacial score (nSPS) is 10.4. The van der Waals surface area contributed by atoms with Crippen molar-refractivity contribution >= 4 is 23.2 Å². The Labute approximate surface area is 114 Å². The van der Waals surface area contributed by atoms with Crippen molar-refractivity contribution in [1.29, 1.82) is 0 Å². The molecular formula is C12H10Cl2N2O2. The fraction of sp³-hybridized carbons (Fsp3) is 0.167. The van der Waals surface area contributed by atoms with Crippen molar-refractivity contribution in [1.82, 2.24) is 9.97 Å². The molecule has 94 valence electrons. The predicted octanol–water partition coefficient (Wildman–Crippen LogP) is 3.38. The van der Waals surface area contributed by atoms with Crippen LogP contribution < -0.4 is 4.74 Å². The number of ether oxygens (including phenoxy) is 1. The van der Waals surface area contributed by atoms with E-state index in [9.17, 15) is 5.11 Å². The molecular weight excluding hydrogens is 275 g/mol. The lowest BCUT2D eigenvalue weighted by molar-refractivity contribution is 0.274. The fourth-order valence-electron chi connectivity index (χ4n) is 1.33. The summed E-state index contributed by atoms with van der Waals surface area (Å²) in [5, 5.41) is 10.1. The highest BCUT2D eigenvalue weighted by atomic mass is 35.5. The highest BCUT2D eigenvalue weighted by Gasteiger charge is 2.10. The third-order valence-corrected chi connectivity index (χ3v) is 2.75. The quantitative estimate of drug-likeness (QED) is 0.939. The molecule has 1 heterocycles. The van der Waals surface area contributed by atoms with Crippen LogP contribution in [0.4, 0.5) is 0 Å². The van der Waals surface area contributed by atoms with Gasteiger partial charge in [-0.2, -0.15) is 4.98 Å². The first-order valence-corrected chi connectivity index (χ1v) is 5.92. The Morgan fingerprint density at radius 3 is 2.78 bits per heavy atom. The Hall–Kier alpha value is -1.36. The summed E-state index contributed by atoms with van der Waals surface area (Å²) in [5.41, 5.74) is 0.492. The second-order valence-corrected chi connectivity index (χ2v) is 4.43. The van der Waals surface area contributed by atoms with Crippen molar-refractivity contribution in [3.63, 3.8) is 0 Å². The first kappa shape index (κ1) is 13.1. The summed E-state index contributed by atoms with van der Waals surface area (Å²) in [5.74, 6) is 1.26. The van der Waals surface area contributed by atoms with Crippen LogP contribution in [-0.4, -0.2) is 15.1 Å². The fourth-order valence-corrected chi connectivity index (χ4v) is 1.78. The average molecular weight is 285 g/mol. The molecule has 0 unspecified atom stereocenters. The average Bonchev–Trinajstić information content (AvgIpc) is 2.33. The smallest absolute Gasteiger partial charge is 0.228 e. The molecule has 0 amide bonds. The molecule has 0 saturated carbocycles. The van der Waals surface area contributed by atoms with E-state index in [1.165, 1.54) is 6.20 Å². The van der Waals surface area contributed by atoms with E-state index in [0.29, 0.717) is 27.2 Å². The van der Waals surface area contributed by atoms with Crippen molar-refractivity contribution in [2.24, 2.45) is 0 Å². The zero-order chi connectivity index (χ0) is 13.1. The maximum atomic E-state index is 9.19. The standard InChI is InChI=1S/C12H10Cl2N2O2/c1-7-15-5-8(6-17)12(16-7)18-11-3-2-9(13)4-10(11)14/h2-5,17H,6H2,1H3. The van der Waals surface area contributed by atoms with Gasteiger partial charge in [0.1, 0.15) is 11.6 Å². The number of rotatable bonds is 3. The van der Waals surface area contributed by atoms with Gasteiger partial charge >= 0.3 is 0 Å². The SMILES string of the molecule is Cc1ncc(CO)c(Oc2ccc(Cl)cc2Cl)n1. The molecule has 0 aliphatic carbocycles. The number of aliphatic hydroxyl groups is 1. The number of hydrogen-bond acceptors (Lipinski definition) is 4. The zero-order valence-electron chi connectivity index (χ0n) is 9.52. The number of aromatic nitrogens is 2. The Kier molecular flexibility index (Phi) is 4.01. The number of halogens is 2. The lowest BCUT2D eigenvalue weighted by Gasteiger charge is -2.10. The molecule has 4 nitrogen and oxygen atoms in total. The summed E-state index contributed by atoms with van der Waals surface area (Å²) in [6, 6.07) is 4.88. The summed E-state index contributed by atoms with van der Waals surface area (Å²) in [6.07, 6.45) is 1.52. The number of aliphatic hydroxyl groups excluding tert-OH is 1. The van der Waals surface area contributed by atoms with Crippen molar-refractivity contribution in [3.05, 3.63) is 45.8 Å². The van der Waals surface area contributed by atoms with Crippen molar-refractivity contribution in [2.75, 3.05) is 0 Å². The van der Waals surface area contributed by atoms with Crippen molar-refractivity contribution < 1.29 is 9.84 Å². The molecule has 0 fully saturated rings. The van der Waals surface area contributed by atoms with Crippen LogP contribution in [0.15, 0.2) is 24.4 Å². The van der Waals surface area contributed by atoms with Gasteiger partial charge in [0.2, 0.25) is 5.88 Å². The molecule has 1 aromatic carbocycles. The van der Waals surface area contributed by atoms with E-state index < -0.39 is 0 Å². The van der Waals surface area contributed by atoms with Gasteiger partial charge in [0.15, 0.2) is 0 Å². The largest absolute Gasteiger partial charge is 0.437 e. The van der Waals surface area contributed by atoms with Gasteiger partial charge in [-0.1, -0.05) is 23.2 Å². The zero-order valence-corrected chi connectivity index (χ0v) is 11.0. The molecule has 6 heteroatoms. The lowest BCUT2D eigenvalue weighted by atomic mass is 10.3. The van der Waals surface area contributed by atoms with E-state index >= 15 is 0 Å². The minimum atomic E-state index is -0.208. The van der Waals surface area contributed by atoms with Crippen LogP contribution in [0.25, 0.3) is 0 Å². The molecule has 2 rings (SSSR count). The molecule has 0 bridgehead atoms. The number of benzene rings is 1. The third kappa shape index (κ3) is 2.90. The Morgan fingerprint density at radius 2 is 2.11 bits per heavy atom. The number of nitrogens with zero attached hydrogens (tertiary/aromatic N) is 2. The molecule has 0 saturated heterocycles. The van der Waals surface area contributed by atoms with E-state index in [2.05, 4.69) is 9.97 Å². The first-order valence-electron chi connectivity index (χ1n) is 5.16. The minimum Gasteiger partial charge on any atom is -0.437 e. The summed E-state index contributed by atoms with van der Waals surface area (Å²) in [4.78, 5) is 8.10. The maximum absolute atomic E-state index is 9.19. The van der Waals surface area contributed by atoms with Crippen LogP contribution >= 0.6 is 23.2 Å². The molecule has 1 aromatic heterocycles. The monoisotopic (exact) mass is 284 g/mol. The molecule has 1 N–H and O–H groups in total. The minimum absolute atomic E-state index is 0.208. The van der Waals surface area contributed by atoms with Gasteiger partial charge in [0.25, 0.3) is 0 Å². The van der Waals surface area contributed by atoms with Crippen LogP contribution in [0.2, 0.25) is 10.0 Å². The van der Waals surface area contributed by atoms with Gasteiger partial charge in [-0.05, 0) is 25.1 Å². The predicted molar refractivity (Wildman–Crippen MR) is 69.2 cm³/mol. The van der Waals surface area contributed by atoms with Crippen LogP contribution in [0.3, 0.4) is 0 Å². The summed E-state index contributed by atoms with van der Waals surface area (Å²) < 4.78 is 5.57. The van der Waals surface area contributed by atoms with Crippen LogP contribution in [0, 0.1) is 6.92 Å². The maximum Gasteiger partial charge on any atom is 0.228 e. The summed E-state index contributed by atoms with van der Waals surface area (Å²) >= 11 is 11.8. The molecule has 0 radical (unpaired) electrons. The molecule has 18 heavy (non-hydrogen) atoms. The molecule has 0 aliphatic rings. The van der Waals surface area contributed by atoms with Gasteiger partial charge in [-0.25, -0.2) is 4.98 Å². The summed E-state index contributed by atoms with van der Waals surface area (Å²) in [6.45, 7) is 1.53. The Bertz CT molecular complexity index is 576. The van der Waals surface area contributed by atoms with Gasteiger partial charge in [-0.3, -0.25) is 0 Å². The third-order valence-electron chi connectivity index (χ3n) is 2.22. The Balaban J connectivity index is 2.36. The van der Waals surface area contributed by atoms with Crippen LogP contribution in [0.1, 0.15) is 11.4 Å². The van der Waals surface area contributed by atoms with Gasteiger partial charge in [0.05, 0.1) is 17.2 Å². The molecule has 0 atom stereocenters. The highest BCUT2D eigenvalue weighted by Crippen LogP contribution is 2.31. The van der Waals surface area contributed by atoms with Crippen LogP contribution in [-0.2, 0) is 6.61 Å². The summed E-state index contributed by atoms with van der Waals surface area (Å²) in [7, 11) is 0. The second kappa shape index (κ2) is 5.52. The topological polar surface area (TPSA) is 55.2 Å². The van der Waals surface area contributed by atoms with E-state index in [0.717, 1.165) is 0 Å². The lowest BCUT2D eigenvalue weighted by Crippen LogP contribution is -1.99. The van der Waals surface area contributed by atoms with Crippen molar-refractivity contribution in [3.8, 4) is 11.6 Å². The van der Waals surface area contributed by atoms with Crippen molar-refractivity contribution in [2.45, 2.75) is 13.5 Å². The molecule has 0 aliphatic heterocycles. The van der Waals surface area contributed by atoms with Gasteiger partial charge in [0, 0.05) is 11.2 Å². The van der Waals surface area contributed by atoms with E-state index in [1.54, 1.807) is 25.1 Å². The number of aryl methyl sites for hydroxylation is 1. The van der Waals surface area contributed by atoms with Crippen LogP contribution in [0.5, 0.6) is 11.6 Å². The Morgan fingerprint density at radius 1 is 1.33 bits per heavy atom. The van der Waals surface area contributed by atoms with E-state index in [4.69, 9.17) is 27.9 Å². The number of hydrogen-bond donors (Lipinski definition) is 1. The highest BCUT2D eigenvalue weighted by molar-refractivity contribution is 6.35. The van der Waals surface area contributed by atoms with Gasteiger partial charge in [-0.15, -0.1) is 0 Å². The second-order valence-electron chi connectivity index (χ2n) is 3.58. The molecule has 2 aromatic rings. The van der Waals surface area contributed by atoms with Gasteiger partial charge < -0.3 is 9.84 Å². The van der Waals surface area contributed by atoms with E-state index in [-0.39, 0.29) is 12.5 Å².